The Kier molecular flexibility index (Phi) is 3.96. The van der Waals surface area contributed by atoms with Crippen LogP contribution in [0.1, 0.15) is 11.1 Å². The smallest absolute Gasteiger partial charge is 0.380 e. The van der Waals surface area contributed by atoms with Crippen molar-refractivity contribution in [2.75, 3.05) is 5.32 Å². The molecule has 0 aliphatic carbocycles. The largest absolute Gasteiger partial charge is 0.418 e. The molecule has 0 saturated carbocycles. The Labute approximate surface area is 151 Å². The van der Waals surface area contributed by atoms with Crippen LogP contribution in [-0.2, 0) is 12.7 Å². The van der Waals surface area contributed by atoms with Crippen LogP contribution in [0, 0.1) is 0 Å². The van der Waals surface area contributed by atoms with E-state index in [0.29, 0.717) is 11.2 Å². The van der Waals surface area contributed by atoms with E-state index in [4.69, 9.17) is 11.6 Å². The maximum atomic E-state index is 13.5. The molecule has 2 heterocycles. The molecule has 0 unspecified atom stereocenters. The molecule has 4 rings (SSSR count). The zero-order chi connectivity index (χ0) is 18.3. The molecule has 26 heavy (non-hydrogen) atoms. The maximum absolute atomic E-state index is 13.5. The number of hydrogen-bond acceptors (Lipinski definition) is 3. The van der Waals surface area contributed by atoms with Gasteiger partial charge in [0.1, 0.15) is 0 Å². The Balaban J connectivity index is 1.87. The molecule has 1 N–H and O–H groups in total. The van der Waals surface area contributed by atoms with Gasteiger partial charge in [-0.3, -0.25) is 4.40 Å². The third kappa shape index (κ3) is 2.94. The number of nitrogens with one attached hydrogen (secondary N) is 1. The van der Waals surface area contributed by atoms with Crippen molar-refractivity contribution in [1.82, 2.24) is 14.4 Å². The number of anilines is 1. The topological polar surface area (TPSA) is 42.2 Å². The summed E-state index contributed by atoms with van der Waals surface area (Å²) in [5.74, 6) is 0. The fourth-order valence-electron chi connectivity index (χ4n) is 2.84. The molecule has 0 atom stereocenters. The van der Waals surface area contributed by atoms with E-state index in [2.05, 4.69) is 15.3 Å². The van der Waals surface area contributed by atoms with Crippen molar-refractivity contribution in [3.05, 3.63) is 71.1 Å². The summed E-state index contributed by atoms with van der Waals surface area (Å²) in [4.78, 5) is 8.15. The van der Waals surface area contributed by atoms with Gasteiger partial charge in [0.2, 0.25) is 0 Å². The molecule has 132 valence electrons. The lowest BCUT2D eigenvalue weighted by molar-refractivity contribution is -0.136. The van der Waals surface area contributed by atoms with E-state index in [0.717, 1.165) is 11.6 Å². The molecular weight excluding hydrogens is 365 g/mol. The number of alkyl halides is 3. The van der Waals surface area contributed by atoms with Crippen LogP contribution in [-0.4, -0.2) is 14.4 Å². The number of hydrogen-bond donors (Lipinski definition) is 1. The van der Waals surface area contributed by atoms with Crippen LogP contribution in [0.2, 0.25) is 5.15 Å². The summed E-state index contributed by atoms with van der Waals surface area (Å²) >= 11 is 6.03. The second-order valence-corrected chi connectivity index (χ2v) is 6.10. The summed E-state index contributed by atoms with van der Waals surface area (Å²) in [6.07, 6.45) is -1.36. The molecule has 0 fully saturated rings. The van der Waals surface area contributed by atoms with Crippen LogP contribution < -0.4 is 5.32 Å². The fourth-order valence-corrected chi connectivity index (χ4v) is 3.07. The first-order valence-electron chi connectivity index (χ1n) is 7.75. The minimum atomic E-state index is -4.52. The van der Waals surface area contributed by atoms with E-state index in [1.165, 1.54) is 12.3 Å². The van der Waals surface area contributed by atoms with Crippen molar-refractivity contribution in [2.45, 2.75) is 12.7 Å². The van der Waals surface area contributed by atoms with Gasteiger partial charge < -0.3 is 5.32 Å². The standard InChI is InChI=1S/C18H12ClF3N4/c19-16-17-23-6-7-26(17)15-9-13(24-10-11-4-2-1-3-5-11)12(18(20,21)22)8-14(15)25-16/h1-9,24H,10H2. The van der Waals surface area contributed by atoms with Crippen molar-refractivity contribution in [3.8, 4) is 0 Å². The normalized spacial score (nSPS) is 12.0. The number of rotatable bonds is 3. The number of halogens is 4. The van der Waals surface area contributed by atoms with Crippen molar-refractivity contribution in [3.63, 3.8) is 0 Å². The zero-order valence-corrected chi connectivity index (χ0v) is 14.0. The molecule has 0 saturated heterocycles. The number of fused-ring (bicyclic) bond motifs is 3. The first-order chi connectivity index (χ1) is 12.4. The first-order valence-corrected chi connectivity index (χ1v) is 8.12. The van der Waals surface area contributed by atoms with Gasteiger partial charge in [0.15, 0.2) is 10.8 Å². The zero-order valence-electron chi connectivity index (χ0n) is 13.3. The van der Waals surface area contributed by atoms with Crippen LogP contribution in [0.3, 0.4) is 0 Å². The van der Waals surface area contributed by atoms with Gasteiger partial charge in [-0.15, -0.1) is 0 Å². The highest BCUT2D eigenvalue weighted by Crippen LogP contribution is 2.38. The predicted octanol–water partition coefficient (Wildman–Crippen LogP) is 5.17. The Morgan fingerprint density at radius 3 is 2.62 bits per heavy atom. The summed E-state index contributed by atoms with van der Waals surface area (Å²) < 4.78 is 42.2. The van der Waals surface area contributed by atoms with Gasteiger partial charge in [-0.1, -0.05) is 41.9 Å². The van der Waals surface area contributed by atoms with Crippen molar-refractivity contribution < 1.29 is 13.2 Å². The summed E-state index contributed by atoms with van der Waals surface area (Å²) in [6.45, 7) is 0.267. The molecule has 4 nitrogen and oxygen atoms in total. The van der Waals surface area contributed by atoms with Gasteiger partial charge in [0, 0.05) is 24.6 Å². The van der Waals surface area contributed by atoms with Crippen molar-refractivity contribution in [1.29, 1.82) is 0 Å². The predicted molar refractivity (Wildman–Crippen MR) is 94.3 cm³/mol. The van der Waals surface area contributed by atoms with Crippen molar-refractivity contribution in [2.24, 2.45) is 0 Å². The van der Waals surface area contributed by atoms with Crippen LogP contribution in [0.4, 0.5) is 18.9 Å². The highest BCUT2D eigenvalue weighted by atomic mass is 35.5. The second kappa shape index (κ2) is 6.17. The average Bonchev–Trinajstić information content (AvgIpc) is 3.10. The SMILES string of the molecule is FC(F)(F)c1cc2nc(Cl)c3nccn3c2cc1NCc1ccccc1. The third-order valence-corrected chi connectivity index (χ3v) is 4.30. The summed E-state index contributed by atoms with van der Waals surface area (Å²) in [5.41, 5.74) is 1.11. The Bertz CT molecular complexity index is 1090. The first kappa shape index (κ1) is 16.7. The van der Waals surface area contributed by atoms with Crippen LogP contribution in [0.25, 0.3) is 16.7 Å². The highest BCUT2D eigenvalue weighted by Gasteiger charge is 2.34. The lowest BCUT2D eigenvalue weighted by atomic mass is 10.1. The van der Waals surface area contributed by atoms with E-state index >= 15 is 0 Å². The number of nitrogens with zero attached hydrogens (tertiary/aromatic N) is 3. The number of benzene rings is 2. The highest BCUT2D eigenvalue weighted by molar-refractivity contribution is 6.32. The van der Waals surface area contributed by atoms with Gasteiger partial charge in [-0.05, 0) is 17.7 Å². The summed E-state index contributed by atoms with van der Waals surface area (Å²) in [7, 11) is 0. The van der Waals surface area contributed by atoms with E-state index in [9.17, 15) is 13.2 Å². The van der Waals surface area contributed by atoms with Gasteiger partial charge in [0.25, 0.3) is 0 Å². The molecule has 0 bridgehead atoms. The van der Waals surface area contributed by atoms with E-state index in [1.54, 1.807) is 10.6 Å². The number of imidazole rings is 1. The molecule has 4 aromatic rings. The molecule has 0 spiro atoms. The van der Waals surface area contributed by atoms with Crippen LogP contribution in [0.15, 0.2) is 54.9 Å². The van der Waals surface area contributed by atoms with Gasteiger partial charge in [0.05, 0.1) is 16.6 Å². The minimum Gasteiger partial charge on any atom is -0.380 e. The van der Waals surface area contributed by atoms with Crippen LogP contribution >= 0.6 is 11.6 Å². The van der Waals surface area contributed by atoms with Gasteiger partial charge in [-0.2, -0.15) is 13.2 Å². The Morgan fingerprint density at radius 1 is 1.12 bits per heavy atom. The molecule has 0 amide bonds. The minimum absolute atomic E-state index is 0.0204. The van der Waals surface area contributed by atoms with Gasteiger partial charge >= 0.3 is 6.18 Å². The van der Waals surface area contributed by atoms with E-state index < -0.39 is 11.7 Å². The lowest BCUT2D eigenvalue weighted by Crippen LogP contribution is -2.12. The molecule has 2 aromatic heterocycles. The third-order valence-electron chi connectivity index (χ3n) is 4.05. The Hall–Kier alpha value is -2.80. The molecule has 0 aliphatic heterocycles. The monoisotopic (exact) mass is 376 g/mol. The van der Waals surface area contributed by atoms with Crippen molar-refractivity contribution >= 4 is 34.0 Å². The number of aromatic nitrogens is 3. The quantitative estimate of drug-likeness (QED) is 0.536. The summed E-state index contributed by atoms with van der Waals surface area (Å²) in [5, 5.41) is 2.94. The Morgan fingerprint density at radius 2 is 1.88 bits per heavy atom. The fraction of sp³-hybridized carbons (Fsp3) is 0.111. The van der Waals surface area contributed by atoms with Crippen LogP contribution in [0.5, 0.6) is 0 Å². The lowest BCUT2D eigenvalue weighted by Gasteiger charge is -2.16. The van der Waals surface area contributed by atoms with E-state index in [1.807, 2.05) is 30.3 Å². The molecule has 8 heteroatoms. The molecule has 0 aliphatic rings. The second-order valence-electron chi connectivity index (χ2n) is 5.75. The van der Waals surface area contributed by atoms with E-state index in [-0.39, 0.29) is 22.9 Å². The average molecular weight is 377 g/mol. The summed E-state index contributed by atoms with van der Waals surface area (Å²) in [6, 6.07) is 11.7. The molecular formula is C18H12ClF3N4. The molecule has 2 aromatic carbocycles. The maximum Gasteiger partial charge on any atom is 0.418 e. The molecule has 0 radical (unpaired) electrons. The van der Waals surface area contributed by atoms with Gasteiger partial charge in [-0.25, -0.2) is 9.97 Å².